The molecule has 0 aromatic carbocycles. The lowest BCUT2D eigenvalue weighted by Crippen LogP contribution is -2.20. The van der Waals surface area contributed by atoms with Crippen molar-refractivity contribution in [3.05, 3.63) is 0 Å². The molecule has 0 aliphatic heterocycles. The third-order valence-electron chi connectivity index (χ3n) is 2.77. The van der Waals surface area contributed by atoms with Gasteiger partial charge in [0.2, 0.25) is 0 Å². The van der Waals surface area contributed by atoms with Gasteiger partial charge in [0.1, 0.15) is 0 Å². The maximum absolute atomic E-state index is 10.9. The maximum atomic E-state index is 10.9. The Kier molecular flexibility index (Phi) is 1.40. The predicted molar refractivity (Wildman–Crippen MR) is 38.0 cm³/mol. The topological polar surface area (TPSA) is 52.6 Å². The third-order valence-corrected chi connectivity index (χ3v) is 2.77. The van der Waals surface area contributed by atoms with Crippen LogP contribution in [0.3, 0.4) is 0 Å². The van der Waals surface area contributed by atoms with Gasteiger partial charge >= 0.3 is 11.9 Å². The summed E-state index contributed by atoms with van der Waals surface area (Å²) < 4.78 is 9.09. The van der Waals surface area contributed by atoms with E-state index in [0.717, 1.165) is 0 Å². The fourth-order valence-electron chi connectivity index (χ4n) is 1.92. The quantitative estimate of drug-likeness (QED) is 0.540. The molecule has 66 valence electrons. The molecule has 2 saturated carbocycles. The van der Waals surface area contributed by atoms with Crippen molar-refractivity contribution in [1.82, 2.24) is 0 Å². The Morgan fingerprint density at radius 2 is 1.25 bits per heavy atom. The smallest absolute Gasteiger partial charge is 0.309 e. The van der Waals surface area contributed by atoms with Gasteiger partial charge in [0, 0.05) is 0 Å². The van der Waals surface area contributed by atoms with Crippen LogP contribution in [0.2, 0.25) is 0 Å². The Bertz CT molecular complexity index is 213. The number of fused-ring (bicyclic) bond motifs is 1. The molecule has 2 aliphatic carbocycles. The van der Waals surface area contributed by atoms with Gasteiger partial charge in [-0.15, -0.1) is 0 Å². The Hall–Kier alpha value is -1.06. The van der Waals surface area contributed by atoms with Gasteiger partial charge in [0.15, 0.2) is 0 Å². The Morgan fingerprint density at radius 3 is 1.50 bits per heavy atom. The molecule has 0 heterocycles. The monoisotopic (exact) mass is 170 g/mol. The molecule has 0 N–H and O–H groups in total. The van der Waals surface area contributed by atoms with E-state index in [0.29, 0.717) is 0 Å². The van der Waals surface area contributed by atoms with Gasteiger partial charge in [-0.2, -0.15) is 0 Å². The zero-order chi connectivity index (χ0) is 8.88. The van der Waals surface area contributed by atoms with Crippen LogP contribution in [0.25, 0.3) is 0 Å². The highest BCUT2D eigenvalue weighted by Gasteiger charge is 2.80. The number of rotatable bonds is 2. The fourth-order valence-corrected chi connectivity index (χ4v) is 1.92. The summed E-state index contributed by atoms with van der Waals surface area (Å²) in [6, 6.07) is 0. The molecule has 0 saturated heterocycles. The van der Waals surface area contributed by atoms with Crippen molar-refractivity contribution in [2.45, 2.75) is 0 Å². The minimum atomic E-state index is -0.190. The SMILES string of the molecule is COC(=O)C1C2C(C(=O)OC)C12. The number of carbonyl (C=O) groups excluding carboxylic acids is 2. The average Bonchev–Trinajstić information content (AvgIpc) is 2.91. The summed E-state index contributed by atoms with van der Waals surface area (Å²) in [6.45, 7) is 0. The number of ether oxygens (including phenoxy) is 2. The second-order valence-electron chi connectivity index (χ2n) is 3.25. The molecular formula is C8H10O4. The van der Waals surface area contributed by atoms with E-state index >= 15 is 0 Å². The average molecular weight is 170 g/mol. The van der Waals surface area contributed by atoms with Gasteiger partial charge in [0.05, 0.1) is 26.1 Å². The normalized spacial score (nSPS) is 41.2. The lowest BCUT2D eigenvalue weighted by molar-refractivity contribution is -0.148. The molecule has 2 aliphatic rings. The Morgan fingerprint density at radius 1 is 0.917 bits per heavy atom. The summed E-state index contributed by atoms with van der Waals surface area (Å²) in [6.07, 6.45) is 0. The van der Waals surface area contributed by atoms with Gasteiger partial charge in [-0.05, 0) is 11.8 Å². The summed E-state index contributed by atoms with van der Waals surface area (Å²) in [5.41, 5.74) is 0. The van der Waals surface area contributed by atoms with Crippen molar-refractivity contribution < 1.29 is 19.1 Å². The molecule has 2 rings (SSSR count). The fraction of sp³-hybridized carbons (Fsp3) is 0.750. The van der Waals surface area contributed by atoms with Crippen LogP contribution in [0.5, 0.6) is 0 Å². The Balaban J connectivity index is 1.83. The van der Waals surface area contributed by atoms with E-state index in [9.17, 15) is 9.59 Å². The molecule has 4 heteroatoms. The van der Waals surface area contributed by atoms with Crippen molar-refractivity contribution in [3.8, 4) is 0 Å². The first-order valence-electron chi connectivity index (χ1n) is 3.88. The molecule has 0 unspecified atom stereocenters. The number of methoxy groups -OCH3 is 2. The highest BCUT2D eigenvalue weighted by atomic mass is 16.5. The van der Waals surface area contributed by atoms with Crippen LogP contribution in [-0.4, -0.2) is 26.2 Å². The highest BCUT2D eigenvalue weighted by Crippen LogP contribution is 2.73. The second-order valence-corrected chi connectivity index (χ2v) is 3.25. The summed E-state index contributed by atoms with van der Waals surface area (Å²) in [4.78, 5) is 21.8. The van der Waals surface area contributed by atoms with Crippen LogP contribution in [0, 0.1) is 23.7 Å². The molecule has 0 amide bonds. The number of carbonyl (C=O) groups is 2. The van der Waals surface area contributed by atoms with Gasteiger partial charge in [-0.3, -0.25) is 9.59 Å². The molecule has 12 heavy (non-hydrogen) atoms. The van der Waals surface area contributed by atoms with Gasteiger partial charge in [-0.25, -0.2) is 0 Å². The van der Waals surface area contributed by atoms with Crippen LogP contribution in [0.1, 0.15) is 0 Å². The van der Waals surface area contributed by atoms with E-state index in [1.807, 2.05) is 0 Å². The molecule has 0 aromatic heterocycles. The second kappa shape index (κ2) is 2.21. The van der Waals surface area contributed by atoms with E-state index in [-0.39, 0.29) is 35.6 Å². The molecule has 2 fully saturated rings. The molecule has 0 bridgehead atoms. The maximum Gasteiger partial charge on any atom is 0.309 e. The van der Waals surface area contributed by atoms with Crippen molar-refractivity contribution in [3.63, 3.8) is 0 Å². The molecule has 4 nitrogen and oxygen atoms in total. The van der Waals surface area contributed by atoms with Crippen LogP contribution in [0.4, 0.5) is 0 Å². The summed E-state index contributed by atoms with van der Waals surface area (Å²) in [5.74, 6) is 0.0447. The summed E-state index contributed by atoms with van der Waals surface area (Å²) >= 11 is 0. The first-order chi connectivity index (χ1) is 5.72. The molecule has 0 radical (unpaired) electrons. The first kappa shape index (κ1) is 7.58. The minimum absolute atomic E-state index is 0.0147. The lowest BCUT2D eigenvalue weighted by Gasteiger charge is -2.07. The zero-order valence-corrected chi connectivity index (χ0v) is 6.94. The zero-order valence-electron chi connectivity index (χ0n) is 6.94. The standard InChI is InChI=1S/C8H10O4/c1-11-7(9)5-3-4(5)6(3)8(10)12-2/h3-6H,1-2H3. The molecule has 0 aromatic rings. The number of hydrogen-bond donors (Lipinski definition) is 0. The van der Waals surface area contributed by atoms with Crippen molar-refractivity contribution in [2.75, 3.05) is 14.2 Å². The van der Waals surface area contributed by atoms with E-state index in [2.05, 4.69) is 9.47 Å². The molecule has 0 atom stereocenters. The largest absolute Gasteiger partial charge is 0.469 e. The minimum Gasteiger partial charge on any atom is -0.469 e. The van der Waals surface area contributed by atoms with E-state index in [1.165, 1.54) is 14.2 Å². The van der Waals surface area contributed by atoms with Gasteiger partial charge in [-0.1, -0.05) is 0 Å². The highest BCUT2D eigenvalue weighted by molar-refractivity contribution is 5.88. The lowest BCUT2D eigenvalue weighted by atomic mass is 10.1. The van der Waals surface area contributed by atoms with Crippen molar-refractivity contribution >= 4 is 11.9 Å². The van der Waals surface area contributed by atoms with E-state index in [1.54, 1.807) is 0 Å². The van der Waals surface area contributed by atoms with Crippen molar-refractivity contribution in [2.24, 2.45) is 23.7 Å². The predicted octanol–water partition coefficient (Wildman–Crippen LogP) is -0.176. The van der Waals surface area contributed by atoms with Gasteiger partial charge < -0.3 is 9.47 Å². The summed E-state index contributed by atoms with van der Waals surface area (Å²) in [5, 5.41) is 0. The van der Waals surface area contributed by atoms with Crippen LogP contribution in [0.15, 0.2) is 0 Å². The van der Waals surface area contributed by atoms with Crippen LogP contribution in [-0.2, 0) is 19.1 Å². The summed E-state index contributed by atoms with van der Waals surface area (Å²) in [7, 11) is 2.74. The molecule has 0 spiro atoms. The van der Waals surface area contributed by atoms with E-state index < -0.39 is 0 Å². The van der Waals surface area contributed by atoms with Gasteiger partial charge in [0.25, 0.3) is 0 Å². The number of hydrogen-bond acceptors (Lipinski definition) is 4. The number of esters is 2. The van der Waals surface area contributed by atoms with Crippen LogP contribution < -0.4 is 0 Å². The Labute approximate surface area is 69.8 Å². The van der Waals surface area contributed by atoms with E-state index in [4.69, 9.17) is 0 Å². The van der Waals surface area contributed by atoms with Crippen molar-refractivity contribution in [1.29, 1.82) is 0 Å². The van der Waals surface area contributed by atoms with Crippen LogP contribution >= 0.6 is 0 Å². The molecular weight excluding hydrogens is 160 g/mol. The first-order valence-corrected chi connectivity index (χ1v) is 3.88. The third kappa shape index (κ3) is 0.777.